The molecular formula is C44H35NO. The van der Waals surface area contributed by atoms with Crippen molar-refractivity contribution in [1.82, 2.24) is 0 Å². The lowest BCUT2D eigenvalue weighted by Crippen LogP contribution is -2.43. The molecule has 0 unspecified atom stereocenters. The Labute approximate surface area is 269 Å². The average Bonchev–Trinajstić information content (AvgIpc) is 3.45. The van der Waals surface area contributed by atoms with Crippen LogP contribution in [0.15, 0.2) is 144 Å². The summed E-state index contributed by atoms with van der Waals surface area (Å²) in [6.07, 6.45) is 0. The van der Waals surface area contributed by atoms with Gasteiger partial charge in [0.25, 0.3) is 0 Å². The van der Waals surface area contributed by atoms with Gasteiger partial charge < -0.3 is 9.32 Å². The highest BCUT2D eigenvalue weighted by Gasteiger charge is 2.45. The maximum absolute atomic E-state index is 6.30. The number of nitrogens with zero attached hydrogens (tertiary/aromatic N) is 1. The number of hydrogen-bond donors (Lipinski definition) is 0. The molecule has 0 N–H and O–H groups in total. The van der Waals surface area contributed by atoms with Crippen molar-refractivity contribution in [3.05, 3.63) is 151 Å². The third-order valence-electron chi connectivity index (χ3n) is 11.0. The van der Waals surface area contributed by atoms with Crippen LogP contribution < -0.4 is 4.90 Å². The summed E-state index contributed by atoms with van der Waals surface area (Å²) in [5.74, 6) is 0. The Hall–Kier alpha value is -5.34. The minimum Gasteiger partial charge on any atom is -0.456 e. The van der Waals surface area contributed by atoms with Gasteiger partial charge in [-0.25, -0.2) is 0 Å². The van der Waals surface area contributed by atoms with Crippen molar-refractivity contribution in [2.45, 2.75) is 38.5 Å². The van der Waals surface area contributed by atoms with Crippen LogP contribution in [0.3, 0.4) is 0 Å². The maximum Gasteiger partial charge on any atom is 0.137 e. The number of para-hydroxylation sites is 2. The highest BCUT2D eigenvalue weighted by atomic mass is 16.3. The summed E-state index contributed by atoms with van der Waals surface area (Å²) in [5.41, 5.74) is 10.6. The minimum absolute atomic E-state index is 0.0131. The van der Waals surface area contributed by atoms with E-state index in [-0.39, 0.29) is 10.8 Å². The van der Waals surface area contributed by atoms with E-state index in [2.05, 4.69) is 160 Å². The fourth-order valence-electron chi connectivity index (χ4n) is 7.79. The molecule has 0 atom stereocenters. The average molecular weight is 594 g/mol. The van der Waals surface area contributed by atoms with Gasteiger partial charge >= 0.3 is 0 Å². The second kappa shape index (κ2) is 9.58. The highest BCUT2D eigenvalue weighted by molar-refractivity contribution is 6.11. The fourth-order valence-corrected chi connectivity index (χ4v) is 7.79. The van der Waals surface area contributed by atoms with Crippen molar-refractivity contribution in [2.75, 3.05) is 4.90 Å². The number of rotatable bonds is 3. The second-order valence-electron chi connectivity index (χ2n) is 13.8. The van der Waals surface area contributed by atoms with Gasteiger partial charge in [0, 0.05) is 33.9 Å². The summed E-state index contributed by atoms with van der Waals surface area (Å²) >= 11 is 0. The first-order valence-corrected chi connectivity index (χ1v) is 16.2. The smallest absolute Gasteiger partial charge is 0.137 e. The van der Waals surface area contributed by atoms with Crippen LogP contribution in [0, 0.1) is 0 Å². The molecule has 1 heterocycles. The predicted molar refractivity (Wildman–Crippen MR) is 195 cm³/mol. The normalized spacial score (nSPS) is 14.9. The van der Waals surface area contributed by atoms with Gasteiger partial charge in [-0.2, -0.15) is 0 Å². The summed E-state index contributed by atoms with van der Waals surface area (Å²) in [6, 6.07) is 50.8. The van der Waals surface area contributed by atoms with Gasteiger partial charge in [-0.05, 0) is 109 Å². The van der Waals surface area contributed by atoms with E-state index >= 15 is 0 Å². The van der Waals surface area contributed by atoms with Crippen LogP contribution in [0.4, 0.5) is 17.1 Å². The minimum atomic E-state index is -0.0131. The molecule has 0 saturated heterocycles. The van der Waals surface area contributed by atoms with E-state index in [1.54, 1.807) is 0 Å². The SMILES string of the molecule is CC1(C)c2ccccc2-c2cc3c(ccc4cc(N(c5ccccc5)c5ccc6c(c5)oc5ccccc56)ccc43)cc2C1(C)C. The Bertz CT molecular complexity index is 2480. The molecule has 1 aromatic heterocycles. The van der Waals surface area contributed by atoms with E-state index < -0.39 is 0 Å². The zero-order chi connectivity index (χ0) is 31.2. The molecule has 9 rings (SSSR count). The molecular weight excluding hydrogens is 558 g/mol. The van der Waals surface area contributed by atoms with Gasteiger partial charge in [0.05, 0.1) is 0 Å². The Balaban J connectivity index is 1.23. The summed E-state index contributed by atoms with van der Waals surface area (Å²) in [7, 11) is 0. The van der Waals surface area contributed by atoms with Crippen molar-refractivity contribution >= 4 is 60.5 Å². The highest BCUT2D eigenvalue weighted by Crippen LogP contribution is 2.54. The van der Waals surface area contributed by atoms with Crippen LogP contribution in [0.1, 0.15) is 38.8 Å². The topological polar surface area (TPSA) is 16.4 Å². The fraction of sp³-hybridized carbons (Fsp3) is 0.136. The van der Waals surface area contributed by atoms with Crippen molar-refractivity contribution in [3.63, 3.8) is 0 Å². The molecule has 46 heavy (non-hydrogen) atoms. The maximum atomic E-state index is 6.30. The molecule has 0 fully saturated rings. The molecule has 0 aliphatic heterocycles. The van der Waals surface area contributed by atoms with Crippen molar-refractivity contribution in [1.29, 1.82) is 0 Å². The number of fused-ring (bicyclic) bond motifs is 9. The van der Waals surface area contributed by atoms with E-state index in [0.717, 1.165) is 39.0 Å². The molecule has 0 saturated carbocycles. The molecule has 222 valence electrons. The first-order valence-electron chi connectivity index (χ1n) is 16.2. The number of furan rings is 1. The quantitative estimate of drug-likeness (QED) is 0.189. The van der Waals surface area contributed by atoms with Crippen molar-refractivity contribution in [3.8, 4) is 11.1 Å². The summed E-state index contributed by atoms with van der Waals surface area (Å²) in [6.45, 7) is 9.60. The van der Waals surface area contributed by atoms with E-state index in [0.29, 0.717) is 0 Å². The Morgan fingerprint density at radius 3 is 1.87 bits per heavy atom. The molecule has 0 amide bonds. The zero-order valence-corrected chi connectivity index (χ0v) is 26.6. The number of benzene rings is 7. The van der Waals surface area contributed by atoms with Crippen LogP contribution in [-0.4, -0.2) is 0 Å². The summed E-state index contributed by atoms with van der Waals surface area (Å²) in [4.78, 5) is 2.32. The Morgan fingerprint density at radius 1 is 0.413 bits per heavy atom. The van der Waals surface area contributed by atoms with Crippen LogP contribution in [-0.2, 0) is 10.8 Å². The van der Waals surface area contributed by atoms with Crippen LogP contribution in [0.5, 0.6) is 0 Å². The van der Waals surface area contributed by atoms with Crippen molar-refractivity contribution in [2.24, 2.45) is 0 Å². The lowest BCUT2D eigenvalue weighted by molar-refractivity contribution is 0.299. The third-order valence-corrected chi connectivity index (χ3v) is 11.0. The molecule has 2 nitrogen and oxygen atoms in total. The largest absolute Gasteiger partial charge is 0.456 e. The molecule has 2 heteroatoms. The molecule has 1 aliphatic carbocycles. The van der Waals surface area contributed by atoms with Crippen LogP contribution in [0.25, 0.3) is 54.6 Å². The van der Waals surface area contributed by atoms with Gasteiger partial charge in [-0.1, -0.05) is 107 Å². The third kappa shape index (κ3) is 3.77. The summed E-state index contributed by atoms with van der Waals surface area (Å²) in [5, 5.41) is 7.35. The predicted octanol–water partition coefficient (Wildman–Crippen LogP) is 12.6. The van der Waals surface area contributed by atoms with Gasteiger partial charge in [0.1, 0.15) is 11.2 Å². The van der Waals surface area contributed by atoms with Gasteiger partial charge in [0.15, 0.2) is 0 Å². The van der Waals surface area contributed by atoms with E-state index in [1.807, 2.05) is 12.1 Å². The Kier molecular flexibility index (Phi) is 5.63. The van der Waals surface area contributed by atoms with Gasteiger partial charge in [-0.15, -0.1) is 0 Å². The summed E-state index contributed by atoms with van der Waals surface area (Å²) < 4.78 is 6.30. The molecule has 0 bridgehead atoms. The molecule has 0 radical (unpaired) electrons. The molecule has 0 spiro atoms. The van der Waals surface area contributed by atoms with Gasteiger partial charge in [0.2, 0.25) is 0 Å². The zero-order valence-electron chi connectivity index (χ0n) is 26.6. The van der Waals surface area contributed by atoms with E-state index in [4.69, 9.17) is 4.42 Å². The van der Waals surface area contributed by atoms with Crippen LogP contribution in [0.2, 0.25) is 0 Å². The number of hydrogen-bond acceptors (Lipinski definition) is 2. The standard InChI is InChI=1S/C44H35NO/c1-43(2)39-16-10-8-14-34(39)38-27-37-29(25-40(38)44(43,3)4)19-18-28-24-31(20-22-33(28)37)45(30-12-6-5-7-13-30)32-21-23-36-35-15-9-11-17-41(35)46-42(36)26-32/h5-27H,1-4H3. The van der Waals surface area contributed by atoms with E-state index in [1.165, 1.54) is 43.8 Å². The first kappa shape index (κ1) is 27.0. The van der Waals surface area contributed by atoms with Crippen LogP contribution >= 0.6 is 0 Å². The molecule has 1 aliphatic rings. The first-order chi connectivity index (χ1) is 22.3. The lowest BCUT2D eigenvalue weighted by Gasteiger charge is -2.48. The molecule has 8 aromatic rings. The van der Waals surface area contributed by atoms with Gasteiger partial charge in [-0.3, -0.25) is 0 Å². The number of anilines is 3. The van der Waals surface area contributed by atoms with Crippen molar-refractivity contribution < 1.29 is 4.42 Å². The molecule has 7 aromatic carbocycles. The monoisotopic (exact) mass is 593 g/mol. The lowest BCUT2D eigenvalue weighted by atomic mass is 9.55. The van der Waals surface area contributed by atoms with E-state index in [9.17, 15) is 0 Å². The second-order valence-corrected chi connectivity index (χ2v) is 13.8. The Morgan fingerprint density at radius 2 is 1.04 bits per heavy atom.